The number of piperidine rings is 1. The standard InChI is InChI=1S/C14H21N5/c1-8-2-14(3-8)4-9(5-14)19-6-10-11(7-19)12(10)13-15-17-18-16-13/h8-12H,2-7H2,1H3,(H,15,16,17,18). The van der Waals surface area contributed by atoms with Crippen LogP contribution in [0.5, 0.6) is 0 Å². The monoisotopic (exact) mass is 259 g/mol. The summed E-state index contributed by atoms with van der Waals surface area (Å²) in [7, 11) is 0. The van der Waals surface area contributed by atoms with Crippen molar-refractivity contribution >= 4 is 0 Å². The van der Waals surface area contributed by atoms with Crippen LogP contribution in [0.4, 0.5) is 0 Å². The average Bonchev–Trinajstić information content (AvgIpc) is 2.75. The fourth-order valence-electron chi connectivity index (χ4n) is 5.50. The zero-order valence-corrected chi connectivity index (χ0v) is 11.4. The number of hydrogen-bond acceptors (Lipinski definition) is 4. The van der Waals surface area contributed by atoms with Gasteiger partial charge in [-0.15, -0.1) is 10.2 Å². The minimum atomic E-state index is 0.604. The Morgan fingerprint density at radius 1 is 1.16 bits per heavy atom. The first kappa shape index (κ1) is 10.8. The van der Waals surface area contributed by atoms with E-state index in [1.807, 2.05) is 0 Å². The second kappa shape index (κ2) is 3.37. The van der Waals surface area contributed by atoms with Gasteiger partial charge in [-0.05, 0) is 48.9 Å². The van der Waals surface area contributed by atoms with Crippen LogP contribution >= 0.6 is 0 Å². The molecule has 5 heteroatoms. The molecule has 3 saturated carbocycles. The van der Waals surface area contributed by atoms with Crippen LogP contribution in [0.15, 0.2) is 0 Å². The van der Waals surface area contributed by atoms with Crippen LogP contribution in [0, 0.1) is 23.2 Å². The molecular formula is C14H21N5. The van der Waals surface area contributed by atoms with Gasteiger partial charge in [0.05, 0.1) is 0 Å². The largest absolute Gasteiger partial charge is 0.300 e. The molecule has 1 aromatic rings. The molecule has 5 nitrogen and oxygen atoms in total. The fourth-order valence-corrected chi connectivity index (χ4v) is 5.50. The minimum absolute atomic E-state index is 0.604. The molecule has 3 aliphatic carbocycles. The molecule has 4 aliphatic rings. The van der Waals surface area contributed by atoms with Gasteiger partial charge in [0.15, 0.2) is 5.82 Å². The molecule has 1 aliphatic heterocycles. The summed E-state index contributed by atoms with van der Waals surface area (Å²) in [5, 5.41) is 14.6. The molecule has 4 fully saturated rings. The second-order valence-electron chi connectivity index (χ2n) is 7.65. The van der Waals surface area contributed by atoms with E-state index in [1.54, 1.807) is 0 Å². The lowest BCUT2D eigenvalue weighted by atomic mass is 9.50. The molecule has 1 saturated heterocycles. The Bertz CT molecular complexity index is 472. The van der Waals surface area contributed by atoms with E-state index in [-0.39, 0.29) is 0 Å². The fraction of sp³-hybridized carbons (Fsp3) is 0.929. The highest BCUT2D eigenvalue weighted by Gasteiger charge is 2.61. The van der Waals surface area contributed by atoms with Crippen molar-refractivity contribution in [2.45, 2.75) is 44.6 Å². The van der Waals surface area contributed by atoms with Gasteiger partial charge in [-0.1, -0.05) is 12.1 Å². The lowest BCUT2D eigenvalue weighted by molar-refractivity contribution is -0.0806. The molecule has 19 heavy (non-hydrogen) atoms. The molecule has 5 rings (SSSR count). The minimum Gasteiger partial charge on any atom is -0.300 e. The van der Waals surface area contributed by atoms with Crippen LogP contribution in [-0.2, 0) is 0 Å². The number of nitrogens with zero attached hydrogens (tertiary/aromatic N) is 4. The summed E-state index contributed by atoms with van der Waals surface area (Å²) >= 11 is 0. The Morgan fingerprint density at radius 2 is 1.89 bits per heavy atom. The lowest BCUT2D eigenvalue weighted by Crippen LogP contribution is -2.55. The van der Waals surface area contributed by atoms with Gasteiger partial charge in [0.1, 0.15) is 0 Å². The number of fused-ring (bicyclic) bond motifs is 1. The number of rotatable bonds is 2. The average molecular weight is 259 g/mol. The molecule has 1 spiro atoms. The summed E-state index contributed by atoms with van der Waals surface area (Å²) in [5.41, 5.74) is 0.782. The molecule has 1 aromatic heterocycles. The van der Waals surface area contributed by atoms with Gasteiger partial charge in [0.25, 0.3) is 0 Å². The van der Waals surface area contributed by atoms with E-state index in [0.717, 1.165) is 35.0 Å². The third-order valence-electron chi connectivity index (χ3n) is 6.30. The van der Waals surface area contributed by atoms with Gasteiger partial charge >= 0.3 is 0 Å². The SMILES string of the molecule is CC1CC2(C1)CC(N1CC3C(C1)C3c1nn[nH]n1)C2. The Kier molecular flexibility index (Phi) is 1.91. The topological polar surface area (TPSA) is 57.7 Å². The number of aromatic amines is 1. The summed E-state index contributed by atoms with van der Waals surface area (Å²) in [6.45, 7) is 4.96. The van der Waals surface area contributed by atoms with Crippen LogP contribution in [-0.4, -0.2) is 44.7 Å². The molecule has 0 aromatic carbocycles. The molecule has 0 bridgehead atoms. The summed E-state index contributed by atoms with van der Waals surface area (Å²) in [5.74, 6) is 4.18. The molecule has 2 unspecified atom stereocenters. The first-order valence-electron chi connectivity index (χ1n) is 7.71. The second-order valence-corrected chi connectivity index (χ2v) is 7.65. The van der Waals surface area contributed by atoms with Crippen molar-refractivity contribution in [3.8, 4) is 0 Å². The van der Waals surface area contributed by atoms with Crippen molar-refractivity contribution in [2.24, 2.45) is 23.2 Å². The molecular weight excluding hydrogens is 238 g/mol. The van der Waals surface area contributed by atoms with Crippen LogP contribution in [0.25, 0.3) is 0 Å². The predicted molar refractivity (Wildman–Crippen MR) is 69.3 cm³/mol. The number of hydrogen-bond donors (Lipinski definition) is 1. The molecule has 0 radical (unpaired) electrons. The molecule has 1 N–H and O–H groups in total. The summed E-state index contributed by atoms with van der Waals surface area (Å²) in [6.07, 6.45) is 5.94. The van der Waals surface area contributed by atoms with Crippen molar-refractivity contribution in [3.05, 3.63) is 5.82 Å². The Hall–Kier alpha value is -0.970. The van der Waals surface area contributed by atoms with E-state index < -0.39 is 0 Å². The van der Waals surface area contributed by atoms with Crippen LogP contribution in [0.1, 0.15) is 44.3 Å². The predicted octanol–water partition coefficient (Wildman–Crippen LogP) is 1.42. The van der Waals surface area contributed by atoms with E-state index in [9.17, 15) is 0 Å². The van der Waals surface area contributed by atoms with Gasteiger partial charge in [-0.2, -0.15) is 5.21 Å². The third kappa shape index (κ3) is 1.42. The number of likely N-dealkylation sites (tertiary alicyclic amines) is 1. The third-order valence-corrected chi connectivity index (χ3v) is 6.30. The van der Waals surface area contributed by atoms with Crippen molar-refractivity contribution < 1.29 is 0 Å². The Labute approximate surface area is 113 Å². The van der Waals surface area contributed by atoms with E-state index in [4.69, 9.17) is 0 Å². The molecule has 2 heterocycles. The van der Waals surface area contributed by atoms with Gasteiger partial charge in [0, 0.05) is 25.0 Å². The van der Waals surface area contributed by atoms with Gasteiger partial charge < -0.3 is 0 Å². The maximum absolute atomic E-state index is 4.15. The van der Waals surface area contributed by atoms with E-state index in [2.05, 4.69) is 32.4 Å². The first-order valence-corrected chi connectivity index (χ1v) is 7.71. The number of aromatic nitrogens is 4. The number of tetrazole rings is 1. The molecule has 102 valence electrons. The van der Waals surface area contributed by atoms with Crippen molar-refractivity contribution in [1.82, 2.24) is 25.5 Å². The smallest absolute Gasteiger partial charge is 0.178 e. The van der Waals surface area contributed by atoms with E-state index in [1.165, 1.54) is 38.8 Å². The maximum Gasteiger partial charge on any atom is 0.178 e. The molecule has 2 atom stereocenters. The quantitative estimate of drug-likeness (QED) is 0.872. The number of nitrogens with one attached hydrogen (secondary N) is 1. The van der Waals surface area contributed by atoms with Gasteiger partial charge in [0.2, 0.25) is 0 Å². The summed E-state index contributed by atoms with van der Waals surface area (Å²) in [4.78, 5) is 2.75. The van der Waals surface area contributed by atoms with Crippen molar-refractivity contribution in [2.75, 3.05) is 13.1 Å². The van der Waals surface area contributed by atoms with E-state index >= 15 is 0 Å². The zero-order chi connectivity index (χ0) is 12.6. The zero-order valence-electron chi connectivity index (χ0n) is 11.4. The van der Waals surface area contributed by atoms with Crippen molar-refractivity contribution in [3.63, 3.8) is 0 Å². The Balaban J connectivity index is 1.18. The van der Waals surface area contributed by atoms with Crippen LogP contribution in [0.3, 0.4) is 0 Å². The normalized spacial score (nSPS) is 51.7. The summed E-state index contributed by atoms with van der Waals surface area (Å²) in [6, 6.07) is 0.895. The Morgan fingerprint density at radius 3 is 2.47 bits per heavy atom. The highest BCUT2D eigenvalue weighted by atomic mass is 15.5. The highest BCUT2D eigenvalue weighted by molar-refractivity contribution is 5.20. The van der Waals surface area contributed by atoms with Crippen LogP contribution < -0.4 is 0 Å². The van der Waals surface area contributed by atoms with Gasteiger partial charge in [-0.25, -0.2) is 0 Å². The molecule has 0 amide bonds. The van der Waals surface area contributed by atoms with E-state index in [0.29, 0.717) is 5.92 Å². The lowest BCUT2D eigenvalue weighted by Gasteiger charge is -2.59. The van der Waals surface area contributed by atoms with Gasteiger partial charge in [-0.3, -0.25) is 4.90 Å². The number of H-pyrrole nitrogens is 1. The first-order chi connectivity index (χ1) is 9.24. The van der Waals surface area contributed by atoms with Crippen LogP contribution in [0.2, 0.25) is 0 Å². The highest BCUT2D eigenvalue weighted by Crippen LogP contribution is 2.63. The van der Waals surface area contributed by atoms with Crippen molar-refractivity contribution in [1.29, 1.82) is 0 Å². The maximum atomic E-state index is 4.15. The summed E-state index contributed by atoms with van der Waals surface area (Å²) < 4.78 is 0.